The maximum absolute atomic E-state index is 11.8. The fraction of sp³-hybridized carbons (Fsp3) is 0.615. The summed E-state index contributed by atoms with van der Waals surface area (Å²) in [7, 11) is 0. The van der Waals surface area contributed by atoms with Gasteiger partial charge in [0.25, 0.3) is 0 Å². The number of hydrogen-bond donors (Lipinski definition) is 1. The molecule has 1 N–H and O–H groups in total. The van der Waals surface area contributed by atoms with E-state index < -0.39 is 11.9 Å². The lowest BCUT2D eigenvalue weighted by Crippen LogP contribution is -2.26. The van der Waals surface area contributed by atoms with Gasteiger partial charge in [0.15, 0.2) is 0 Å². The van der Waals surface area contributed by atoms with Gasteiger partial charge in [-0.15, -0.1) is 0 Å². The Morgan fingerprint density at radius 3 is 2.63 bits per heavy atom. The van der Waals surface area contributed by atoms with Gasteiger partial charge in [0.1, 0.15) is 0 Å². The van der Waals surface area contributed by atoms with E-state index in [1.54, 1.807) is 4.90 Å². The van der Waals surface area contributed by atoms with E-state index in [1.165, 1.54) is 0 Å². The Labute approximate surface area is 112 Å². The molecule has 1 aromatic rings. The van der Waals surface area contributed by atoms with Crippen molar-refractivity contribution in [1.29, 1.82) is 0 Å². The summed E-state index contributed by atoms with van der Waals surface area (Å²) in [5.74, 6) is -1.56. The third-order valence-corrected chi connectivity index (χ3v) is 3.74. The van der Waals surface area contributed by atoms with Crippen LogP contribution in [0.4, 0.5) is 0 Å². The number of carboxylic acid groups (broad SMARTS) is 1. The third-order valence-electron chi connectivity index (χ3n) is 3.74. The van der Waals surface area contributed by atoms with E-state index in [0.29, 0.717) is 13.1 Å². The molecule has 1 saturated heterocycles. The molecule has 0 spiro atoms. The Hall–Kier alpha value is -1.85. The number of aromatic nitrogens is 2. The van der Waals surface area contributed by atoms with Crippen LogP contribution in [0.15, 0.2) is 0 Å². The largest absolute Gasteiger partial charge is 0.481 e. The Balaban J connectivity index is 2.16. The van der Waals surface area contributed by atoms with Crippen LogP contribution in [0.25, 0.3) is 0 Å². The topological polar surface area (TPSA) is 75.4 Å². The first-order chi connectivity index (χ1) is 8.93. The molecule has 1 amide bonds. The molecule has 0 saturated carbocycles. The third kappa shape index (κ3) is 2.47. The second-order valence-electron chi connectivity index (χ2n) is 4.98. The Morgan fingerprint density at radius 2 is 2.16 bits per heavy atom. The predicted molar refractivity (Wildman–Crippen MR) is 68.5 cm³/mol. The lowest BCUT2D eigenvalue weighted by Gasteiger charge is -2.16. The fourth-order valence-corrected chi connectivity index (χ4v) is 2.55. The summed E-state index contributed by atoms with van der Waals surface area (Å²) in [6.07, 6.45) is 0.106. The summed E-state index contributed by atoms with van der Waals surface area (Å²) in [5, 5.41) is 13.4. The highest BCUT2D eigenvalue weighted by molar-refractivity contribution is 5.86. The van der Waals surface area contributed by atoms with Gasteiger partial charge in [-0.25, -0.2) is 0 Å². The SMILES string of the molecule is CCn1nc(C)c(CN2CC(C(=O)O)CC2=O)c1C. The fourth-order valence-electron chi connectivity index (χ4n) is 2.55. The van der Waals surface area contributed by atoms with Crippen molar-refractivity contribution in [3.8, 4) is 0 Å². The zero-order valence-electron chi connectivity index (χ0n) is 11.5. The van der Waals surface area contributed by atoms with Crippen molar-refractivity contribution in [2.45, 2.75) is 40.3 Å². The molecular weight excluding hydrogens is 246 g/mol. The van der Waals surface area contributed by atoms with Crippen LogP contribution >= 0.6 is 0 Å². The van der Waals surface area contributed by atoms with Crippen molar-refractivity contribution in [1.82, 2.24) is 14.7 Å². The minimum absolute atomic E-state index is 0.0875. The van der Waals surface area contributed by atoms with Crippen LogP contribution in [0.2, 0.25) is 0 Å². The van der Waals surface area contributed by atoms with Gasteiger partial charge in [0, 0.05) is 37.3 Å². The molecule has 1 aliphatic rings. The van der Waals surface area contributed by atoms with E-state index in [2.05, 4.69) is 5.10 Å². The Kier molecular flexibility index (Phi) is 3.59. The Morgan fingerprint density at radius 1 is 1.47 bits per heavy atom. The average molecular weight is 265 g/mol. The van der Waals surface area contributed by atoms with Gasteiger partial charge in [0.2, 0.25) is 5.91 Å². The van der Waals surface area contributed by atoms with Gasteiger partial charge in [-0.1, -0.05) is 0 Å². The molecule has 0 radical (unpaired) electrons. The average Bonchev–Trinajstić information content (AvgIpc) is 2.85. The standard InChI is InChI=1S/C13H19N3O3/c1-4-16-9(3)11(8(2)14-16)7-15-6-10(13(18)19)5-12(15)17/h10H,4-7H2,1-3H3,(H,18,19). The Bertz CT molecular complexity index is 521. The summed E-state index contributed by atoms with van der Waals surface area (Å²) < 4.78 is 1.90. The minimum Gasteiger partial charge on any atom is -0.481 e. The first-order valence-electron chi connectivity index (χ1n) is 6.47. The molecule has 19 heavy (non-hydrogen) atoms. The molecule has 6 heteroatoms. The molecule has 104 valence electrons. The number of nitrogens with zero attached hydrogens (tertiary/aromatic N) is 3. The number of aliphatic carboxylic acids is 1. The van der Waals surface area contributed by atoms with Gasteiger partial charge in [0.05, 0.1) is 11.6 Å². The van der Waals surface area contributed by atoms with Gasteiger partial charge in [-0.2, -0.15) is 5.10 Å². The lowest BCUT2D eigenvalue weighted by atomic mass is 10.1. The number of carbonyl (C=O) groups is 2. The molecule has 6 nitrogen and oxygen atoms in total. The number of carbonyl (C=O) groups excluding carboxylic acids is 1. The van der Waals surface area contributed by atoms with Crippen LogP contribution in [0.3, 0.4) is 0 Å². The van der Waals surface area contributed by atoms with Crippen LogP contribution in [0.1, 0.15) is 30.3 Å². The maximum Gasteiger partial charge on any atom is 0.308 e. The zero-order valence-corrected chi connectivity index (χ0v) is 11.5. The van der Waals surface area contributed by atoms with Crippen LogP contribution in [-0.4, -0.2) is 38.2 Å². The van der Waals surface area contributed by atoms with E-state index in [0.717, 1.165) is 23.5 Å². The molecule has 0 aliphatic carbocycles. The molecule has 1 atom stereocenters. The van der Waals surface area contributed by atoms with E-state index in [1.807, 2.05) is 25.5 Å². The summed E-state index contributed by atoms with van der Waals surface area (Å²) in [6, 6.07) is 0. The van der Waals surface area contributed by atoms with Crippen LogP contribution in [0, 0.1) is 19.8 Å². The first-order valence-corrected chi connectivity index (χ1v) is 6.47. The van der Waals surface area contributed by atoms with Crippen LogP contribution in [-0.2, 0) is 22.7 Å². The highest BCUT2D eigenvalue weighted by Crippen LogP contribution is 2.23. The normalized spacial score (nSPS) is 19.2. The van der Waals surface area contributed by atoms with E-state index in [4.69, 9.17) is 5.11 Å². The molecule has 0 aromatic carbocycles. The van der Waals surface area contributed by atoms with Crippen molar-refractivity contribution in [2.75, 3.05) is 6.54 Å². The van der Waals surface area contributed by atoms with E-state index >= 15 is 0 Å². The number of hydrogen-bond acceptors (Lipinski definition) is 3. The highest BCUT2D eigenvalue weighted by Gasteiger charge is 2.34. The molecule has 1 fully saturated rings. The number of rotatable bonds is 4. The smallest absolute Gasteiger partial charge is 0.308 e. The number of carboxylic acids is 1. The van der Waals surface area contributed by atoms with Gasteiger partial charge < -0.3 is 10.0 Å². The number of aryl methyl sites for hydroxylation is 2. The van der Waals surface area contributed by atoms with Crippen molar-refractivity contribution >= 4 is 11.9 Å². The van der Waals surface area contributed by atoms with Crippen molar-refractivity contribution in [2.24, 2.45) is 5.92 Å². The quantitative estimate of drug-likeness (QED) is 0.879. The molecule has 2 rings (SSSR count). The predicted octanol–water partition coefficient (Wildman–Crippen LogP) is 0.953. The van der Waals surface area contributed by atoms with Gasteiger partial charge in [-0.05, 0) is 20.8 Å². The van der Waals surface area contributed by atoms with Crippen molar-refractivity contribution in [3.05, 3.63) is 17.0 Å². The second-order valence-corrected chi connectivity index (χ2v) is 4.98. The maximum atomic E-state index is 11.8. The number of likely N-dealkylation sites (tertiary alicyclic amines) is 1. The molecule has 0 bridgehead atoms. The summed E-state index contributed by atoms with van der Waals surface area (Å²) in [5.41, 5.74) is 2.98. The monoisotopic (exact) mass is 265 g/mol. The molecule has 1 unspecified atom stereocenters. The van der Waals surface area contributed by atoms with E-state index in [-0.39, 0.29) is 12.3 Å². The second kappa shape index (κ2) is 5.03. The van der Waals surface area contributed by atoms with Crippen molar-refractivity contribution in [3.63, 3.8) is 0 Å². The van der Waals surface area contributed by atoms with Gasteiger partial charge in [-0.3, -0.25) is 14.3 Å². The highest BCUT2D eigenvalue weighted by atomic mass is 16.4. The molecule has 1 aromatic heterocycles. The van der Waals surface area contributed by atoms with Crippen molar-refractivity contribution < 1.29 is 14.7 Å². The summed E-state index contributed by atoms with van der Waals surface area (Å²) in [6.45, 7) is 7.46. The molecule has 1 aliphatic heterocycles. The lowest BCUT2D eigenvalue weighted by molar-refractivity contribution is -0.141. The first kappa shape index (κ1) is 13.6. The minimum atomic E-state index is -0.895. The molecule has 2 heterocycles. The zero-order chi connectivity index (χ0) is 14.2. The molecular formula is C13H19N3O3. The van der Waals surface area contributed by atoms with Crippen LogP contribution in [0.5, 0.6) is 0 Å². The number of amides is 1. The summed E-state index contributed by atoms with van der Waals surface area (Å²) >= 11 is 0. The van der Waals surface area contributed by atoms with E-state index in [9.17, 15) is 9.59 Å². The van der Waals surface area contributed by atoms with Crippen LogP contribution < -0.4 is 0 Å². The van der Waals surface area contributed by atoms with Gasteiger partial charge >= 0.3 is 5.97 Å². The summed E-state index contributed by atoms with van der Waals surface area (Å²) in [4.78, 5) is 24.4.